The van der Waals surface area contributed by atoms with Gasteiger partial charge in [0.25, 0.3) is 0 Å². The lowest BCUT2D eigenvalue weighted by molar-refractivity contribution is 0.842. The van der Waals surface area contributed by atoms with Crippen LogP contribution < -0.4 is 10.6 Å². The minimum Gasteiger partial charge on any atom is -0.370 e. The lowest BCUT2D eigenvalue weighted by Gasteiger charge is -2.17. The Labute approximate surface area is 126 Å². The van der Waals surface area contributed by atoms with Crippen molar-refractivity contribution in [1.29, 1.82) is 0 Å². The zero-order valence-corrected chi connectivity index (χ0v) is 13.1. The van der Waals surface area contributed by atoms with E-state index in [-0.39, 0.29) is 0 Å². The predicted octanol–water partition coefficient (Wildman–Crippen LogP) is 3.35. The van der Waals surface area contributed by atoms with Gasteiger partial charge in [0, 0.05) is 18.3 Å². The van der Waals surface area contributed by atoms with Crippen LogP contribution in [0.2, 0.25) is 0 Å². The van der Waals surface area contributed by atoms with E-state index in [0.717, 1.165) is 29.4 Å². The Hall–Kier alpha value is -2.17. The van der Waals surface area contributed by atoms with Crippen LogP contribution in [0.3, 0.4) is 0 Å². The summed E-state index contributed by atoms with van der Waals surface area (Å²) in [4.78, 5) is 13.1. The van der Waals surface area contributed by atoms with Gasteiger partial charge in [0.15, 0.2) is 0 Å². The third kappa shape index (κ3) is 3.68. The summed E-state index contributed by atoms with van der Waals surface area (Å²) in [6.07, 6.45) is 3.41. The first-order valence-electron chi connectivity index (χ1n) is 7.36. The average Bonchev–Trinajstić information content (AvgIpc) is 2.46. The molecule has 21 heavy (non-hydrogen) atoms. The molecule has 0 aliphatic carbocycles. The van der Waals surface area contributed by atoms with E-state index >= 15 is 0 Å². The lowest BCUT2D eigenvalue weighted by atomic mass is 10.0. The second-order valence-corrected chi connectivity index (χ2v) is 5.29. The number of rotatable bonds is 6. The van der Waals surface area contributed by atoms with Gasteiger partial charge in [-0.3, -0.25) is 4.98 Å². The summed E-state index contributed by atoms with van der Waals surface area (Å²) in [5.41, 5.74) is 3.33. The molecule has 0 spiro atoms. The average molecular weight is 285 g/mol. The molecule has 5 heteroatoms. The SMILES string of the molecule is CCNc1ncnc(NCc2ncccc2C)c1C(C)C. The van der Waals surface area contributed by atoms with Crippen molar-refractivity contribution in [3.63, 3.8) is 0 Å². The van der Waals surface area contributed by atoms with Gasteiger partial charge < -0.3 is 10.6 Å². The van der Waals surface area contributed by atoms with Crippen molar-refractivity contribution in [2.75, 3.05) is 17.2 Å². The monoisotopic (exact) mass is 285 g/mol. The topological polar surface area (TPSA) is 62.7 Å². The smallest absolute Gasteiger partial charge is 0.135 e. The normalized spacial score (nSPS) is 10.7. The van der Waals surface area contributed by atoms with E-state index in [2.05, 4.69) is 59.3 Å². The number of anilines is 2. The van der Waals surface area contributed by atoms with Crippen LogP contribution in [0.5, 0.6) is 0 Å². The number of pyridine rings is 1. The molecule has 2 heterocycles. The number of aromatic nitrogens is 3. The highest BCUT2D eigenvalue weighted by Gasteiger charge is 2.14. The third-order valence-corrected chi connectivity index (χ3v) is 3.35. The second kappa shape index (κ2) is 7.02. The molecule has 0 saturated carbocycles. The van der Waals surface area contributed by atoms with E-state index < -0.39 is 0 Å². The molecule has 0 aliphatic heterocycles. The molecular weight excluding hydrogens is 262 g/mol. The summed E-state index contributed by atoms with van der Waals surface area (Å²) < 4.78 is 0. The van der Waals surface area contributed by atoms with Crippen LogP contribution in [-0.2, 0) is 6.54 Å². The molecule has 0 atom stereocenters. The molecule has 112 valence electrons. The summed E-state index contributed by atoms with van der Waals surface area (Å²) >= 11 is 0. The van der Waals surface area contributed by atoms with Gasteiger partial charge in [-0.25, -0.2) is 9.97 Å². The molecule has 0 radical (unpaired) electrons. The van der Waals surface area contributed by atoms with Gasteiger partial charge in [0.2, 0.25) is 0 Å². The first-order valence-corrected chi connectivity index (χ1v) is 7.36. The standard InChI is InChI=1S/C16H23N5/c1-5-17-15-14(11(2)3)16(21-10-20-15)19-9-13-12(4)7-6-8-18-13/h6-8,10-11H,5,9H2,1-4H3,(H2,17,19,20,21). The van der Waals surface area contributed by atoms with Gasteiger partial charge in [-0.2, -0.15) is 0 Å². The molecule has 0 amide bonds. The van der Waals surface area contributed by atoms with Crippen LogP contribution in [0.4, 0.5) is 11.6 Å². The number of nitrogens with zero attached hydrogens (tertiary/aromatic N) is 3. The number of hydrogen-bond acceptors (Lipinski definition) is 5. The van der Waals surface area contributed by atoms with Crippen LogP contribution in [0.15, 0.2) is 24.7 Å². The third-order valence-electron chi connectivity index (χ3n) is 3.35. The first kappa shape index (κ1) is 15.2. The predicted molar refractivity (Wildman–Crippen MR) is 86.6 cm³/mol. The molecule has 0 aliphatic rings. The summed E-state index contributed by atoms with van der Waals surface area (Å²) in [6, 6.07) is 4.02. The van der Waals surface area contributed by atoms with E-state index in [4.69, 9.17) is 0 Å². The van der Waals surface area contributed by atoms with Crippen molar-refractivity contribution >= 4 is 11.6 Å². The number of nitrogens with one attached hydrogen (secondary N) is 2. The fourth-order valence-corrected chi connectivity index (χ4v) is 2.26. The Morgan fingerprint density at radius 3 is 2.43 bits per heavy atom. The highest BCUT2D eigenvalue weighted by Crippen LogP contribution is 2.28. The van der Waals surface area contributed by atoms with Crippen molar-refractivity contribution in [2.24, 2.45) is 0 Å². The summed E-state index contributed by atoms with van der Waals surface area (Å²) in [5, 5.41) is 6.70. The zero-order valence-electron chi connectivity index (χ0n) is 13.1. The van der Waals surface area contributed by atoms with Gasteiger partial charge in [0.1, 0.15) is 18.0 Å². The second-order valence-electron chi connectivity index (χ2n) is 5.29. The fourth-order valence-electron chi connectivity index (χ4n) is 2.26. The Bertz CT molecular complexity index is 595. The lowest BCUT2D eigenvalue weighted by Crippen LogP contribution is -2.12. The Kier molecular flexibility index (Phi) is 5.09. The van der Waals surface area contributed by atoms with Gasteiger partial charge >= 0.3 is 0 Å². The van der Waals surface area contributed by atoms with Crippen LogP contribution in [0.1, 0.15) is 43.5 Å². The van der Waals surface area contributed by atoms with Crippen LogP contribution in [-0.4, -0.2) is 21.5 Å². The zero-order chi connectivity index (χ0) is 15.2. The van der Waals surface area contributed by atoms with E-state index in [1.807, 2.05) is 12.3 Å². The molecule has 5 nitrogen and oxygen atoms in total. The minimum absolute atomic E-state index is 0.340. The van der Waals surface area contributed by atoms with Crippen LogP contribution in [0, 0.1) is 6.92 Å². The maximum Gasteiger partial charge on any atom is 0.135 e. The molecule has 0 fully saturated rings. The largest absolute Gasteiger partial charge is 0.370 e. The molecule has 2 rings (SSSR count). The van der Waals surface area contributed by atoms with E-state index in [9.17, 15) is 0 Å². The Morgan fingerprint density at radius 1 is 1.10 bits per heavy atom. The first-order chi connectivity index (χ1) is 10.1. The minimum atomic E-state index is 0.340. The molecule has 2 N–H and O–H groups in total. The quantitative estimate of drug-likeness (QED) is 0.852. The molecule has 0 bridgehead atoms. The van der Waals surface area contributed by atoms with Crippen molar-refractivity contribution in [3.05, 3.63) is 41.5 Å². The molecular formula is C16H23N5. The van der Waals surface area contributed by atoms with Crippen molar-refractivity contribution in [3.8, 4) is 0 Å². The number of aryl methyl sites for hydroxylation is 1. The molecule has 0 unspecified atom stereocenters. The van der Waals surface area contributed by atoms with Gasteiger partial charge in [-0.05, 0) is 31.4 Å². The van der Waals surface area contributed by atoms with Gasteiger partial charge in [-0.15, -0.1) is 0 Å². The van der Waals surface area contributed by atoms with Crippen LogP contribution >= 0.6 is 0 Å². The fraction of sp³-hybridized carbons (Fsp3) is 0.438. The summed E-state index contributed by atoms with van der Waals surface area (Å²) in [7, 11) is 0. The van der Waals surface area contributed by atoms with Crippen LogP contribution in [0.25, 0.3) is 0 Å². The van der Waals surface area contributed by atoms with E-state index in [1.54, 1.807) is 6.33 Å². The highest BCUT2D eigenvalue weighted by molar-refractivity contribution is 5.59. The van der Waals surface area contributed by atoms with Crippen molar-refractivity contribution in [1.82, 2.24) is 15.0 Å². The maximum absolute atomic E-state index is 4.41. The van der Waals surface area contributed by atoms with E-state index in [0.29, 0.717) is 12.5 Å². The Morgan fingerprint density at radius 2 is 1.81 bits per heavy atom. The Balaban J connectivity index is 2.23. The molecule has 2 aromatic heterocycles. The molecule has 0 aromatic carbocycles. The van der Waals surface area contributed by atoms with E-state index in [1.165, 1.54) is 5.56 Å². The highest BCUT2D eigenvalue weighted by atomic mass is 15.1. The molecule has 0 saturated heterocycles. The number of hydrogen-bond donors (Lipinski definition) is 2. The maximum atomic E-state index is 4.41. The molecule has 2 aromatic rings. The van der Waals surface area contributed by atoms with Gasteiger partial charge in [0.05, 0.1) is 12.2 Å². The van der Waals surface area contributed by atoms with Crippen molar-refractivity contribution in [2.45, 2.75) is 40.2 Å². The summed E-state index contributed by atoms with van der Waals surface area (Å²) in [5.74, 6) is 2.12. The van der Waals surface area contributed by atoms with Gasteiger partial charge in [-0.1, -0.05) is 19.9 Å². The van der Waals surface area contributed by atoms with Crippen molar-refractivity contribution < 1.29 is 0 Å². The summed E-state index contributed by atoms with van der Waals surface area (Å²) in [6.45, 7) is 9.94.